The van der Waals surface area contributed by atoms with Gasteiger partial charge in [0, 0.05) is 23.9 Å². The minimum absolute atomic E-state index is 0.0220. The Hall–Kier alpha value is -2.16. The number of unbranched alkanes of at least 4 members (excludes halogenated alkanes) is 1. The molecule has 2 rings (SSSR count). The second-order valence-corrected chi connectivity index (χ2v) is 5.11. The van der Waals surface area contributed by atoms with Crippen molar-refractivity contribution in [2.24, 2.45) is 0 Å². The molecule has 0 unspecified atom stereocenters. The summed E-state index contributed by atoms with van der Waals surface area (Å²) in [4.78, 5) is 16.3. The first-order chi connectivity index (χ1) is 10.7. The molecule has 3 nitrogen and oxygen atoms in total. The lowest BCUT2D eigenvalue weighted by atomic mass is 10.1. The highest BCUT2D eigenvalue weighted by atomic mass is 16.1. The van der Waals surface area contributed by atoms with E-state index in [9.17, 15) is 4.79 Å². The third-order valence-electron chi connectivity index (χ3n) is 2.90. The normalized spacial score (nSPS) is 9.59. The number of pyridine rings is 1. The van der Waals surface area contributed by atoms with Gasteiger partial charge in [0.2, 0.25) is 0 Å². The van der Waals surface area contributed by atoms with Crippen molar-refractivity contribution in [3.8, 4) is 11.3 Å². The quantitative estimate of drug-likeness (QED) is 0.813. The zero-order valence-corrected chi connectivity index (χ0v) is 13.8. The van der Waals surface area contributed by atoms with E-state index in [-0.39, 0.29) is 5.91 Å². The molecular weight excluding hydrogens is 272 g/mol. The molecule has 1 heterocycles. The van der Waals surface area contributed by atoms with Crippen LogP contribution in [0.4, 0.5) is 0 Å². The number of benzene rings is 1. The van der Waals surface area contributed by atoms with E-state index in [1.165, 1.54) is 6.42 Å². The van der Waals surface area contributed by atoms with Gasteiger partial charge in [-0.05, 0) is 30.7 Å². The summed E-state index contributed by atoms with van der Waals surface area (Å²) in [6.07, 6.45) is 5.09. The molecule has 1 amide bonds. The summed E-state index contributed by atoms with van der Waals surface area (Å²) in [5.41, 5.74) is 2.52. The molecule has 0 saturated heterocycles. The lowest BCUT2D eigenvalue weighted by Crippen LogP contribution is -2.24. The molecule has 0 saturated carbocycles. The van der Waals surface area contributed by atoms with Crippen LogP contribution >= 0.6 is 0 Å². The van der Waals surface area contributed by atoms with Crippen molar-refractivity contribution in [3.63, 3.8) is 0 Å². The zero-order chi connectivity index (χ0) is 16.2. The van der Waals surface area contributed by atoms with Crippen LogP contribution in [0.2, 0.25) is 0 Å². The summed E-state index contributed by atoms with van der Waals surface area (Å²) in [7, 11) is 0. The van der Waals surface area contributed by atoms with Crippen molar-refractivity contribution >= 4 is 5.91 Å². The highest BCUT2D eigenvalue weighted by Gasteiger charge is 2.06. The molecule has 0 aliphatic heterocycles. The summed E-state index contributed by atoms with van der Waals surface area (Å²) >= 11 is 0. The number of carbonyl (C=O) groups is 1. The smallest absolute Gasteiger partial charge is 0.251 e. The number of aromatic nitrogens is 1. The van der Waals surface area contributed by atoms with Crippen molar-refractivity contribution in [2.75, 3.05) is 6.54 Å². The lowest BCUT2D eigenvalue weighted by Gasteiger charge is -2.06. The number of nitrogens with one attached hydrogen (secondary N) is 1. The van der Waals surface area contributed by atoms with E-state index >= 15 is 0 Å². The number of nitrogens with zero attached hydrogens (tertiary/aromatic N) is 1. The third-order valence-corrected chi connectivity index (χ3v) is 2.90. The van der Waals surface area contributed by atoms with Crippen LogP contribution in [0.1, 0.15) is 50.4 Å². The summed E-state index contributed by atoms with van der Waals surface area (Å²) < 4.78 is 0. The summed E-state index contributed by atoms with van der Waals surface area (Å²) in [5, 5.41) is 2.92. The van der Waals surface area contributed by atoms with Crippen molar-refractivity contribution in [1.82, 2.24) is 10.3 Å². The van der Waals surface area contributed by atoms with E-state index in [4.69, 9.17) is 0 Å². The van der Waals surface area contributed by atoms with E-state index in [1.54, 1.807) is 6.20 Å². The lowest BCUT2D eigenvalue weighted by molar-refractivity contribution is 0.0953. The molecule has 1 N–H and O–H groups in total. The van der Waals surface area contributed by atoms with E-state index in [0.29, 0.717) is 5.56 Å². The molecule has 22 heavy (non-hydrogen) atoms. The van der Waals surface area contributed by atoms with Gasteiger partial charge in [0.15, 0.2) is 0 Å². The van der Waals surface area contributed by atoms with Gasteiger partial charge in [0.1, 0.15) is 0 Å². The first kappa shape index (κ1) is 17.9. The molecule has 3 heteroatoms. The fourth-order valence-electron chi connectivity index (χ4n) is 1.83. The molecule has 0 bridgehead atoms. The highest BCUT2D eigenvalue weighted by Crippen LogP contribution is 2.17. The fraction of sp³-hybridized carbons (Fsp3) is 0.368. The van der Waals surface area contributed by atoms with Crippen molar-refractivity contribution in [2.45, 2.75) is 40.0 Å². The van der Waals surface area contributed by atoms with Gasteiger partial charge in [-0.3, -0.25) is 9.78 Å². The van der Waals surface area contributed by atoms with Gasteiger partial charge in [0.25, 0.3) is 5.91 Å². The maximum atomic E-state index is 12.0. The molecule has 1 aromatic carbocycles. The van der Waals surface area contributed by atoms with E-state index < -0.39 is 0 Å². The Morgan fingerprint density at radius 1 is 1.09 bits per heavy atom. The van der Waals surface area contributed by atoms with Crippen molar-refractivity contribution in [1.29, 1.82) is 0 Å². The van der Waals surface area contributed by atoms with Gasteiger partial charge in [-0.25, -0.2) is 0 Å². The summed E-state index contributed by atoms with van der Waals surface area (Å²) in [6.45, 7) is 7.08. The van der Waals surface area contributed by atoms with Gasteiger partial charge in [0.05, 0.1) is 5.69 Å². The average molecular weight is 298 g/mol. The standard InChI is InChI=1S/C16H18N2O.C3H8/c1-2-3-10-18-16(19)14-8-6-7-13(12-14)15-9-4-5-11-17-15;1-3-2/h4-9,11-12H,2-3,10H2,1H3,(H,18,19);3H2,1-2H3. The predicted octanol–water partition coefficient (Wildman–Crippen LogP) is 4.69. The van der Waals surface area contributed by atoms with Gasteiger partial charge >= 0.3 is 0 Å². The molecule has 0 atom stereocenters. The molecule has 0 aliphatic carbocycles. The predicted molar refractivity (Wildman–Crippen MR) is 92.9 cm³/mol. The Morgan fingerprint density at radius 3 is 2.50 bits per heavy atom. The molecular formula is C19H26N2O. The number of hydrogen-bond donors (Lipinski definition) is 1. The Kier molecular flexibility index (Phi) is 8.58. The summed E-state index contributed by atoms with van der Waals surface area (Å²) in [5.74, 6) is -0.0220. The Morgan fingerprint density at radius 2 is 1.86 bits per heavy atom. The first-order valence-electron chi connectivity index (χ1n) is 8.02. The second-order valence-electron chi connectivity index (χ2n) is 5.11. The van der Waals surface area contributed by atoms with Crippen LogP contribution in [0.25, 0.3) is 11.3 Å². The van der Waals surface area contributed by atoms with E-state index in [0.717, 1.165) is 30.6 Å². The zero-order valence-electron chi connectivity index (χ0n) is 13.8. The van der Waals surface area contributed by atoms with Crippen LogP contribution in [-0.2, 0) is 0 Å². The Balaban J connectivity index is 0.000000745. The topological polar surface area (TPSA) is 42.0 Å². The number of hydrogen-bond acceptors (Lipinski definition) is 2. The SMILES string of the molecule is CCC.CCCCNC(=O)c1cccc(-c2ccccn2)c1. The van der Waals surface area contributed by atoms with Crippen molar-refractivity contribution in [3.05, 3.63) is 54.2 Å². The monoisotopic (exact) mass is 298 g/mol. The maximum absolute atomic E-state index is 12.0. The molecule has 0 fully saturated rings. The minimum Gasteiger partial charge on any atom is -0.352 e. The van der Waals surface area contributed by atoms with Crippen LogP contribution in [0.5, 0.6) is 0 Å². The fourth-order valence-corrected chi connectivity index (χ4v) is 1.83. The molecule has 0 spiro atoms. The average Bonchev–Trinajstić information content (AvgIpc) is 2.57. The molecule has 2 aromatic rings. The van der Waals surface area contributed by atoms with E-state index in [2.05, 4.69) is 31.1 Å². The van der Waals surface area contributed by atoms with Crippen LogP contribution in [0.15, 0.2) is 48.7 Å². The van der Waals surface area contributed by atoms with Crippen molar-refractivity contribution < 1.29 is 4.79 Å². The molecule has 0 aliphatic rings. The third kappa shape index (κ3) is 6.08. The number of amides is 1. The van der Waals surface area contributed by atoms with Crippen LogP contribution in [-0.4, -0.2) is 17.4 Å². The van der Waals surface area contributed by atoms with Gasteiger partial charge in [-0.2, -0.15) is 0 Å². The van der Waals surface area contributed by atoms with E-state index in [1.807, 2.05) is 42.5 Å². The minimum atomic E-state index is -0.0220. The Bertz CT molecular complexity index is 552. The van der Waals surface area contributed by atoms with Gasteiger partial charge < -0.3 is 5.32 Å². The molecule has 0 radical (unpaired) electrons. The number of carbonyl (C=O) groups excluding carboxylic acids is 1. The van der Waals surface area contributed by atoms with Crippen LogP contribution in [0.3, 0.4) is 0 Å². The molecule has 118 valence electrons. The van der Waals surface area contributed by atoms with Crippen LogP contribution < -0.4 is 5.32 Å². The number of rotatable bonds is 5. The summed E-state index contributed by atoms with van der Waals surface area (Å²) in [6, 6.07) is 13.3. The largest absolute Gasteiger partial charge is 0.352 e. The molecule has 1 aromatic heterocycles. The second kappa shape index (κ2) is 10.6. The van der Waals surface area contributed by atoms with Gasteiger partial charge in [-0.15, -0.1) is 0 Å². The van der Waals surface area contributed by atoms with Crippen LogP contribution in [0, 0.1) is 0 Å². The maximum Gasteiger partial charge on any atom is 0.251 e. The van der Waals surface area contributed by atoms with Gasteiger partial charge in [-0.1, -0.05) is 51.8 Å². The Labute approximate surface area is 133 Å². The first-order valence-corrected chi connectivity index (χ1v) is 8.02. The highest BCUT2D eigenvalue weighted by molar-refractivity contribution is 5.95.